The van der Waals surface area contributed by atoms with Crippen LogP contribution in [0.5, 0.6) is 5.75 Å². The summed E-state index contributed by atoms with van der Waals surface area (Å²) in [6.07, 6.45) is -1.42. The average Bonchev–Trinajstić information content (AvgIpc) is 2.83. The fourth-order valence-corrected chi connectivity index (χ4v) is 4.84. The molecule has 2 atom stereocenters. The van der Waals surface area contributed by atoms with E-state index in [9.17, 15) is 22.3 Å². The summed E-state index contributed by atoms with van der Waals surface area (Å²) in [6.45, 7) is 0.354. The number of hydrogen-bond donors (Lipinski definition) is 3. The summed E-state index contributed by atoms with van der Waals surface area (Å²) in [5.41, 5.74) is 1.21. The molecule has 0 bridgehead atoms. The van der Waals surface area contributed by atoms with Crippen molar-refractivity contribution in [3.63, 3.8) is 0 Å². The molecule has 0 radical (unpaired) electrons. The SMILES string of the molecule is COc1cccc(CNC[C@H](O)[C@@H](Cc2cc(F)cc(F)c2)NS(=O)(=O)c2cccc(C#N)c2)c1. The van der Waals surface area contributed by atoms with Crippen LogP contribution in [0.3, 0.4) is 0 Å². The van der Waals surface area contributed by atoms with Crippen molar-refractivity contribution in [3.05, 3.63) is 95.1 Å². The Labute approximate surface area is 203 Å². The van der Waals surface area contributed by atoms with Crippen LogP contribution in [0.2, 0.25) is 0 Å². The van der Waals surface area contributed by atoms with E-state index in [0.29, 0.717) is 18.4 Å². The number of nitrogens with one attached hydrogen (secondary N) is 2. The maximum absolute atomic E-state index is 13.7. The molecule has 0 amide bonds. The molecule has 3 aromatic carbocycles. The molecule has 3 rings (SSSR count). The fourth-order valence-electron chi connectivity index (χ4n) is 3.53. The van der Waals surface area contributed by atoms with E-state index in [0.717, 1.165) is 17.7 Å². The Morgan fingerprint density at radius 1 is 1.03 bits per heavy atom. The van der Waals surface area contributed by atoms with Gasteiger partial charge in [0.1, 0.15) is 17.4 Å². The van der Waals surface area contributed by atoms with Crippen LogP contribution in [-0.2, 0) is 23.0 Å². The van der Waals surface area contributed by atoms with Gasteiger partial charge in [0, 0.05) is 19.2 Å². The highest BCUT2D eigenvalue weighted by Gasteiger charge is 2.27. The van der Waals surface area contributed by atoms with Crippen LogP contribution in [0.15, 0.2) is 71.6 Å². The third kappa shape index (κ3) is 7.56. The van der Waals surface area contributed by atoms with E-state index in [-0.39, 0.29) is 29.0 Å². The predicted octanol–water partition coefficient (Wildman–Crippen LogP) is 2.89. The molecule has 35 heavy (non-hydrogen) atoms. The zero-order valence-electron chi connectivity index (χ0n) is 18.9. The van der Waals surface area contributed by atoms with Gasteiger partial charge in [-0.05, 0) is 60.0 Å². The molecule has 0 aromatic heterocycles. The molecule has 0 aliphatic carbocycles. The first-order valence-corrected chi connectivity index (χ1v) is 12.2. The van der Waals surface area contributed by atoms with Crippen molar-refractivity contribution in [1.82, 2.24) is 10.0 Å². The second-order valence-electron chi connectivity index (χ2n) is 7.90. The molecule has 0 saturated carbocycles. The number of rotatable bonds is 11. The van der Waals surface area contributed by atoms with Gasteiger partial charge in [-0.25, -0.2) is 21.9 Å². The van der Waals surface area contributed by atoms with Crippen LogP contribution in [0, 0.1) is 23.0 Å². The minimum absolute atomic E-state index is 0.0135. The lowest BCUT2D eigenvalue weighted by atomic mass is 10.0. The van der Waals surface area contributed by atoms with Crippen LogP contribution >= 0.6 is 0 Å². The van der Waals surface area contributed by atoms with E-state index in [1.807, 2.05) is 24.3 Å². The van der Waals surface area contributed by atoms with Crippen molar-refractivity contribution >= 4 is 10.0 Å². The maximum atomic E-state index is 13.7. The minimum Gasteiger partial charge on any atom is -0.497 e. The van der Waals surface area contributed by atoms with Gasteiger partial charge in [-0.3, -0.25) is 0 Å². The third-order valence-electron chi connectivity index (χ3n) is 5.24. The number of aliphatic hydroxyl groups is 1. The molecule has 0 fully saturated rings. The second kappa shape index (κ2) is 11.9. The molecule has 0 spiro atoms. The second-order valence-corrected chi connectivity index (χ2v) is 9.61. The lowest BCUT2D eigenvalue weighted by Crippen LogP contribution is -2.48. The normalized spacial score (nSPS) is 13.1. The number of benzene rings is 3. The van der Waals surface area contributed by atoms with Gasteiger partial charge in [-0.15, -0.1) is 0 Å². The standard InChI is InChI=1S/C25H25F2N3O4S/c1-34-22-6-2-5-18(10-22)15-29-16-25(31)24(12-19-8-20(26)13-21(27)9-19)30-35(32,33)23-7-3-4-17(11-23)14-28/h2-11,13,24-25,29-31H,12,15-16H2,1H3/t24-,25+/m1/s1. The van der Waals surface area contributed by atoms with Crippen molar-refractivity contribution in [3.8, 4) is 11.8 Å². The highest BCUT2D eigenvalue weighted by atomic mass is 32.2. The van der Waals surface area contributed by atoms with E-state index >= 15 is 0 Å². The van der Waals surface area contributed by atoms with Crippen LogP contribution in [0.25, 0.3) is 0 Å². The van der Waals surface area contributed by atoms with Gasteiger partial charge in [0.2, 0.25) is 10.0 Å². The molecule has 0 unspecified atom stereocenters. The molecule has 184 valence electrons. The van der Waals surface area contributed by atoms with E-state index in [1.165, 1.54) is 24.3 Å². The number of nitriles is 1. The van der Waals surface area contributed by atoms with Crippen LogP contribution in [0.1, 0.15) is 16.7 Å². The average molecular weight is 502 g/mol. The quantitative estimate of drug-likeness (QED) is 0.373. The molecule has 0 aliphatic heterocycles. The van der Waals surface area contributed by atoms with Gasteiger partial charge >= 0.3 is 0 Å². The number of nitrogens with zero attached hydrogens (tertiary/aromatic N) is 1. The van der Waals surface area contributed by atoms with Gasteiger partial charge in [0.15, 0.2) is 0 Å². The number of halogens is 2. The van der Waals surface area contributed by atoms with Crippen molar-refractivity contribution < 1.29 is 27.0 Å². The van der Waals surface area contributed by atoms with Gasteiger partial charge < -0.3 is 15.2 Å². The summed E-state index contributed by atoms with van der Waals surface area (Å²) in [7, 11) is -2.61. The van der Waals surface area contributed by atoms with E-state index in [2.05, 4.69) is 10.0 Å². The first kappa shape index (κ1) is 26.2. The van der Waals surface area contributed by atoms with Gasteiger partial charge in [0.25, 0.3) is 0 Å². The summed E-state index contributed by atoms with van der Waals surface area (Å²) < 4.78 is 61.0. The molecule has 0 saturated heterocycles. The summed E-state index contributed by atoms with van der Waals surface area (Å²) in [5, 5.41) is 23.0. The monoisotopic (exact) mass is 501 g/mol. The highest BCUT2D eigenvalue weighted by molar-refractivity contribution is 7.89. The molecule has 7 nitrogen and oxygen atoms in total. The topological polar surface area (TPSA) is 111 Å². The largest absolute Gasteiger partial charge is 0.497 e. The summed E-state index contributed by atoms with van der Waals surface area (Å²) in [6, 6.07) is 16.3. The highest BCUT2D eigenvalue weighted by Crippen LogP contribution is 2.17. The summed E-state index contributed by atoms with van der Waals surface area (Å²) in [5.74, 6) is -0.953. The zero-order valence-corrected chi connectivity index (χ0v) is 19.7. The number of hydrogen-bond acceptors (Lipinski definition) is 6. The lowest BCUT2D eigenvalue weighted by Gasteiger charge is -2.25. The minimum atomic E-state index is -4.16. The molecule has 3 N–H and O–H groups in total. The molecule has 10 heteroatoms. The van der Waals surface area contributed by atoms with E-state index < -0.39 is 33.8 Å². The Morgan fingerprint density at radius 2 is 1.74 bits per heavy atom. The van der Waals surface area contributed by atoms with Crippen LogP contribution in [-0.4, -0.2) is 39.3 Å². The number of methoxy groups -OCH3 is 1. The number of ether oxygens (including phenoxy) is 1. The first-order valence-electron chi connectivity index (χ1n) is 10.7. The fraction of sp³-hybridized carbons (Fsp3) is 0.240. The predicted molar refractivity (Wildman–Crippen MR) is 126 cm³/mol. The Morgan fingerprint density at radius 3 is 2.43 bits per heavy atom. The lowest BCUT2D eigenvalue weighted by molar-refractivity contribution is 0.134. The Balaban J connectivity index is 1.78. The zero-order chi connectivity index (χ0) is 25.4. The molecular weight excluding hydrogens is 476 g/mol. The molecule has 0 aliphatic rings. The Kier molecular flexibility index (Phi) is 8.89. The van der Waals surface area contributed by atoms with Crippen LogP contribution in [0.4, 0.5) is 8.78 Å². The van der Waals surface area contributed by atoms with Crippen molar-refractivity contribution in [2.45, 2.75) is 30.0 Å². The number of aliphatic hydroxyl groups excluding tert-OH is 1. The van der Waals surface area contributed by atoms with Gasteiger partial charge in [0.05, 0.1) is 35.8 Å². The number of sulfonamides is 1. The van der Waals surface area contributed by atoms with Crippen LogP contribution < -0.4 is 14.8 Å². The maximum Gasteiger partial charge on any atom is 0.240 e. The molecular formula is C25H25F2N3O4S. The summed E-state index contributed by atoms with van der Waals surface area (Å²) >= 11 is 0. The smallest absolute Gasteiger partial charge is 0.240 e. The van der Waals surface area contributed by atoms with Crippen molar-refractivity contribution in [2.75, 3.05) is 13.7 Å². The Bertz CT molecular complexity index is 1290. The van der Waals surface area contributed by atoms with E-state index in [4.69, 9.17) is 10.00 Å². The van der Waals surface area contributed by atoms with E-state index in [1.54, 1.807) is 13.2 Å². The first-order chi connectivity index (χ1) is 16.7. The third-order valence-corrected chi connectivity index (χ3v) is 6.73. The van der Waals surface area contributed by atoms with Gasteiger partial charge in [-0.2, -0.15) is 5.26 Å². The van der Waals surface area contributed by atoms with Crippen molar-refractivity contribution in [1.29, 1.82) is 5.26 Å². The van der Waals surface area contributed by atoms with Crippen molar-refractivity contribution in [2.24, 2.45) is 0 Å². The Hall–Kier alpha value is -3.36. The van der Waals surface area contributed by atoms with Gasteiger partial charge in [-0.1, -0.05) is 18.2 Å². The molecule has 0 heterocycles. The summed E-state index contributed by atoms with van der Waals surface area (Å²) in [4.78, 5) is -0.163. The molecule has 3 aromatic rings.